The van der Waals surface area contributed by atoms with Crippen molar-refractivity contribution in [3.05, 3.63) is 24.1 Å². The Balaban J connectivity index is 1.67. The fourth-order valence-electron chi connectivity index (χ4n) is 2.94. The van der Waals surface area contributed by atoms with E-state index >= 15 is 0 Å². The summed E-state index contributed by atoms with van der Waals surface area (Å²) in [6, 6.07) is -0.809. The Bertz CT molecular complexity index is 781. The number of nitrogens with one attached hydrogen (secondary N) is 1. The molecule has 1 aliphatic carbocycles. The number of aliphatic hydroxyl groups excluding tert-OH is 1. The van der Waals surface area contributed by atoms with Gasteiger partial charge in [-0.3, -0.25) is 15.0 Å². The molecule has 8 nitrogen and oxygen atoms in total. The van der Waals surface area contributed by atoms with Gasteiger partial charge in [0.25, 0.3) is 0 Å². The first-order valence-electron chi connectivity index (χ1n) is 8.92. The van der Waals surface area contributed by atoms with Crippen molar-refractivity contribution in [1.29, 1.82) is 0 Å². The van der Waals surface area contributed by atoms with Crippen LogP contribution in [0.25, 0.3) is 5.57 Å². The number of aliphatic hydroxyl groups is 1. The molecular weight excluding hydrogens is 368 g/mol. The van der Waals surface area contributed by atoms with Gasteiger partial charge in [-0.25, -0.2) is 4.79 Å². The number of likely N-dealkylation sites (tertiary alicyclic amines) is 1. The van der Waals surface area contributed by atoms with Crippen LogP contribution in [0.2, 0.25) is 0 Å². The molecule has 1 aromatic rings. The number of hydrogen-bond acceptors (Lipinski definition) is 7. The molecule has 1 aromatic heterocycles. The zero-order valence-electron chi connectivity index (χ0n) is 15.6. The van der Waals surface area contributed by atoms with E-state index in [1.165, 1.54) is 4.90 Å². The van der Waals surface area contributed by atoms with E-state index in [2.05, 4.69) is 26.8 Å². The minimum absolute atomic E-state index is 0.0616. The number of hydrogen-bond donors (Lipinski definition) is 2. The van der Waals surface area contributed by atoms with Crippen LogP contribution >= 0.6 is 11.5 Å². The summed E-state index contributed by atoms with van der Waals surface area (Å²) in [5.41, 5.74) is 0.255. The number of rotatable bonds is 3. The Morgan fingerprint density at radius 2 is 2.15 bits per heavy atom. The van der Waals surface area contributed by atoms with Gasteiger partial charge < -0.3 is 9.84 Å². The first-order chi connectivity index (χ1) is 12.7. The average molecular weight is 392 g/mol. The summed E-state index contributed by atoms with van der Waals surface area (Å²) in [7, 11) is 0. The van der Waals surface area contributed by atoms with E-state index in [9.17, 15) is 14.7 Å². The van der Waals surface area contributed by atoms with Gasteiger partial charge in [0, 0.05) is 23.5 Å². The number of nitrogens with zero attached hydrogens (tertiary/aromatic N) is 3. The predicted molar refractivity (Wildman–Crippen MR) is 102 cm³/mol. The van der Waals surface area contributed by atoms with Crippen molar-refractivity contribution in [3.8, 4) is 0 Å². The van der Waals surface area contributed by atoms with Crippen LogP contribution in [-0.2, 0) is 9.53 Å². The highest BCUT2D eigenvalue weighted by Crippen LogP contribution is 2.25. The lowest BCUT2D eigenvalue weighted by molar-refractivity contribution is -0.120. The molecule has 0 saturated carbocycles. The fourth-order valence-corrected chi connectivity index (χ4v) is 3.54. The number of amides is 2. The van der Waals surface area contributed by atoms with Crippen LogP contribution in [-0.4, -0.2) is 55.7 Å². The number of ether oxygens (including phenoxy) is 1. The minimum Gasteiger partial charge on any atom is -0.444 e. The molecular formula is C18H24N4O4S. The van der Waals surface area contributed by atoms with E-state index in [1.54, 1.807) is 20.8 Å². The number of allylic oxidation sites excluding steroid dienone is 4. The molecule has 3 rings (SSSR count). The van der Waals surface area contributed by atoms with Crippen LogP contribution in [0, 0.1) is 0 Å². The summed E-state index contributed by atoms with van der Waals surface area (Å²) in [6.45, 7) is 5.32. The second kappa shape index (κ2) is 7.77. The van der Waals surface area contributed by atoms with Gasteiger partial charge >= 0.3 is 6.09 Å². The third-order valence-corrected chi connectivity index (χ3v) is 4.75. The molecule has 2 N–H and O–H groups in total. The standard InChI is InChI=1S/C18H24N4O4S/c1-18(2,3)26-17(25)22-10-12(23)9-13(22)15(24)20-16-19-14(21-27-16)11-7-5-4-6-8-11/h5,7-8,12-13,23H,4,6,9-10H2,1-3H3,(H,19,20,21,24)/t12-,13-/m0/s1. The Hall–Kier alpha value is -2.26. The van der Waals surface area contributed by atoms with Gasteiger partial charge in [-0.05, 0) is 33.6 Å². The molecule has 2 amide bonds. The summed E-state index contributed by atoms with van der Waals surface area (Å²) in [6.07, 6.45) is 6.81. The molecule has 27 heavy (non-hydrogen) atoms. The average Bonchev–Trinajstić information content (AvgIpc) is 3.21. The molecule has 0 aromatic carbocycles. The van der Waals surface area contributed by atoms with Crippen molar-refractivity contribution in [2.45, 2.75) is 57.8 Å². The maximum atomic E-state index is 12.7. The third kappa shape index (κ3) is 4.92. The van der Waals surface area contributed by atoms with E-state index in [0.717, 1.165) is 29.9 Å². The SMILES string of the molecule is CC(C)(C)OC(=O)N1C[C@@H](O)C[C@H]1C(=O)Nc1nc(C2=CCCC=C2)ns1. The number of carbonyl (C=O) groups is 2. The number of carbonyl (C=O) groups excluding carboxylic acids is 2. The summed E-state index contributed by atoms with van der Waals surface area (Å²) in [5, 5.41) is 13.0. The van der Waals surface area contributed by atoms with E-state index in [4.69, 9.17) is 4.74 Å². The van der Waals surface area contributed by atoms with Crippen LogP contribution < -0.4 is 5.32 Å². The van der Waals surface area contributed by atoms with Gasteiger partial charge in [-0.2, -0.15) is 9.36 Å². The molecule has 2 aliphatic rings. The molecule has 2 atom stereocenters. The van der Waals surface area contributed by atoms with Crippen LogP contribution in [0.15, 0.2) is 18.2 Å². The maximum absolute atomic E-state index is 12.7. The minimum atomic E-state index is -0.809. The highest BCUT2D eigenvalue weighted by Gasteiger charge is 2.41. The quantitative estimate of drug-likeness (QED) is 0.819. The van der Waals surface area contributed by atoms with E-state index in [1.807, 2.05) is 6.08 Å². The molecule has 1 aliphatic heterocycles. The number of β-amino-alcohol motifs (C(OH)–C–C–N with tert-alkyl or cyclic N) is 1. The second-order valence-electron chi connectivity index (χ2n) is 7.59. The lowest BCUT2D eigenvalue weighted by atomic mass is 10.1. The van der Waals surface area contributed by atoms with Gasteiger partial charge in [0.2, 0.25) is 11.0 Å². The summed E-state index contributed by atoms with van der Waals surface area (Å²) >= 11 is 1.09. The summed E-state index contributed by atoms with van der Waals surface area (Å²) in [4.78, 5) is 30.6. The van der Waals surface area contributed by atoms with Crippen molar-refractivity contribution in [2.75, 3.05) is 11.9 Å². The molecule has 0 unspecified atom stereocenters. The van der Waals surface area contributed by atoms with Gasteiger partial charge in [0.1, 0.15) is 11.6 Å². The van der Waals surface area contributed by atoms with Crippen molar-refractivity contribution in [3.63, 3.8) is 0 Å². The van der Waals surface area contributed by atoms with Crippen molar-refractivity contribution >= 4 is 34.2 Å². The Labute approximate surface area is 162 Å². The van der Waals surface area contributed by atoms with Crippen LogP contribution in [0.3, 0.4) is 0 Å². The molecule has 0 radical (unpaired) electrons. The van der Waals surface area contributed by atoms with E-state index in [0.29, 0.717) is 11.0 Å². The smallest absolute Gasteiger partial charge is 0.411 e. The number of anilines is 1. The molecule has 0 bridgehead atoms. The maximum Gasteiger partial charge on any atom is 0.411 e. The zero-order valence-corrected chi connectivity index (χ0v) is 16.5. The van der Waals surface area contributed by atoms with Crippen LogP contribution in [0.5, 0.6) is 0 Å². The highest BCUT2D eigenvalue weighted by atomic mass is 32.1. The molecule has 0 spiro atoms. The number of aromatic nitrogens is 2. The molecule has 2 heterocycles. The largest absolute Gasteiger partial charge is 0.444 e. The fraction of sp³-hybridized carbons (Fsp3) is 0.556. The molecule has 146 valence electrons. The Morgan fingerprint density at radius 3 is 2.81 bits per heavy atom. The second-order valence-corrected chi connectivity index (χ2v) is 8.34. The monoisotopic (exact) mass is 392 g/mol. The highest BCUT2D eigenvalue weighted by molar-refractivity contribution is 7.10. The van der Waals surface area contributed by atoms with Crippen LogP contribution in [0.4, 0.5) is 9.93 Å². The molecule has 1 saturated heterocycles. The van der Waals surface area contributed by atoms with E-state index < -0.39 is 29.7 Å². The van der Waals surface area contributed by atoms with Crippen molar-refractivity contribution in [1.82, 2.24) is 14.3 Å². The first-order valence-corrected chi connectivity index (χ1v) is 9.69. The van der Waals surface area contributed by atoms with Crippen LogP contribution in [0.1, 0.15) is 45.9 Å². The predicted octanol–water partition coefficient (Wildman–Crippen LogP) is 2.58. The molecule has 1 fully saturated rings. The first kappa shape index (κ1) is 19.5. The van der Waals surface area contributed by atoms with Gasteiger partial charge in [-0.1, -0.05) is 18.2 Å². The van der Waals surface area contributed by atoms with E-state index in [-0.39, 0.29) is 13.0 Å². The lowest BCUT2D eigenvalue weighted by Gasteiger charge is -2.27. The third-order valence-electron chi connectivity index (χ3n) is 4.12. The van der Waals surface area contributed by atoms with Crippen molar-refractivity contribution < 1.29 is 19.4 Å². The summed E-state index contributed by atoms with van der Waals surface area (Å²) < 4.78 is 9.62. The Kier molecular flexibility index (Phi) is 5.61. The zero-order chi connectivity index (χ0) is 19.6. The Morgan fingerprint density at radius 1 is 1.37 bits per heavy atom. The topological polar surface area (TPSA) is 105 Å². The van der Waals surface area contributed by atoms with Crippen molar-refractivity contribution in [2.24, 2.45) is 0 Å². The van der Waals surface area contributed by atoms with Gasteiger partial charge in [0.05, 0.1) is 12.6 Å². The normalized spacial score (nSPS) is 22.5. The molecule has 9 heteroatoms. The van der Waals surface area contributed by atoms with Gasteiger partial charge in [-0.15, -0.1) is 0 Å². The summed E-state index contributed by atoms with van der Waals surface area (Å²) in [5.74, 6) is 0.162. The van der Waals surface area contributed by atoms with Gasteiger partial charge in [0.15, 0.2) is 5.82 Å². The lowest BCUT2D eigenvalue weighted by Crippen LogP contribution is -2.45.